The van der Waals surface area contributed by atoms with E-state index in [4.69, 9.17) is 11.6 Å². The van der Waals surface area contributed by atoms with Crippen LogP contribution in [0.5, 0.6) is 0 Å². The molecular weight excluding hydrogens is 262 g/mol. The smallest absolute Gasteiger partial charge is 0.254 e. The summed E-state index contributed by atoms with van der Waals surface area (Å²) >= 11 is 5.84. The molecule has 1 N–H and O–H groups in total. The first-order valence-electron chi connectivity index (χ1n) is 6.90. The van der Waals surface area contributed by atoms with Crippen molar-refractivity contribution in [2.24, 2.45) is 0 Å². The maximum absolute atomic E-state index is 12.5. The fourth-order valence-corrected chi connectivity index (χ4v) is 2.83. The zero-order valence-electron chi connectivity index (χ0n) is 11.0. The maximum Gasteiger partial charge on any atom is 0.254 e. The maximum atomic E-state index is 12.5. The molecule has 1 aliphatic rings. The SMILES string of the molecule is O=C(c1ccc(Cl)cc1)N(CCO)C1CCCCC1. The monoisotopic (exact) mass is 281 g/mol. The summed E-state index contributed by atoms with van der Waals surface area (Å²) in [6.45, 7) is 0.419. The van der Waals surface area contributed by atoms with Crippen LogP contribution < -0.4 is 0 Å². The number of aliphatic hydroxyl groups excluding tert-OH is 1. The van der Waals surface area contributed by atoms with Gasteiger partial charge in [-0.1, -0.05) is 30.9 Å². The summed E-state index contributed by atoms with van der Waals surface area (Å²) in [6, 6.07) is 7.22. The highest BCUT2D eigenvalue weighted by atomic mass is 35.5. The number of aliphatic hydroxyl groups is 1. The standard InChI is InChI=1S/C15H20ClNO2/c16-13-8-6-12(7-9-13)15(19)17(10-11-18)14-4-2-1-3-5-14/h6-9,14,18H,1-5,10-11H2. The molecule has 0 unspecified atom stereocenters. The highest BCUT2D eigenvalue weighted by molar-refractivity contribution is 6.30. The minimum absolute atomic E-state index is 0.00221. The molecule has 0 saturated heterocycles. The van der Waals surface area contributed by atoms with Crippen molar-refractivity contribution in [2.45, 2.75) is 38.1 Å². The van der Waals surface area contributed by atoms with Crippen molar-refractivity contribution in [3.05, 3.63) is 34.9 Å². The quantitative estimate of drug-likeness (QED) is 0.921. The second kappa shape index (κ2) is 6.92. The van der Waals surface area contributed by atoms with Gasteiger partial charge in [0.25, 0.3) is 5.91 Å². The van der Waals surface area contributed by atoms with Crippen LogP contribution in [0, 0.1) is 0 Å². The van der Waals surface area contributed by atoms with Gasteiger partial charge in [-0.2, -0.15) is 0 Å². The highest BCUT2D eigenvalue weighted by Crippen LogP contribution is 2.24. The largest absolute Gasteiger partial charge is 0.395 e. The molecule has 1 saturated carbocycles. The predicted octanol–water partition coefficient (Wildman–Crippen LogP) is 3.11. The van der Waals surface area contributed by atoms with E-state index in [1.807, 2.05) is 4.90 Å². The number of hydrogen-bond acceptors (Lipinski definition) is 2. The van der Waals surface area contributed by atoms with Crippen LogP contribution in [0.1, 0.15) is 42.5 Å². The lowest BCUT2D eigenvalue weighted by Gasteiger charge is -2.34. The zero-order valence-corrected chi connectivity index (χ0v) is 11.8. The Labute approximate surface area is 119 Å². The fraction of sp³-hybridized carbons (Fsp3) is 0.533. The summed E-state index contributed by atoms with van der Waals surface area (Å²) in [5, 5.41) is 9.82. The summed E-state index contributed by atoms with van der Waals surface area (Å²) in [7, 11) is 0. The van der Waals surface area contributed by atoms with Gasteiger partial charge in [0.1, 0.15) is 0 Å². The Balaban J connectivity index is 2.13. The Bertz CT molecular complexity index is 413. The number of carbonyl (C=O) groups excluding carboxylic acids is 1. The minimum atomic E-state index is -0.00221. The molecule has 1 aromatic carbocycles. The Morgan fingerprint density at radius 2 is 1.84 bits per heavy atom. The van der Waals surface area contributed by atoms with Gasteiger partial charge in [0, 0.05) is 23.2 Å². The normalized spacial score (nSPS) is 16.3. The van der Waals surface area contributed by atoms with Crippen LogP contribution in [0.25, 0.3) is 0 Å². The Kier molecular flexibility index (Phi) is 5.23. The van der Waals surface area contributed by atoms with Crippen molar-refractivity contribution in [1.82, 2.24) is 4.90 Å². The van der Waals surface area contributed by atoms with Gasteiger partial charge in [-0.25, -0.2) is 0 Å². The summed E-state index contributed by atoms with van der Waals surface area (Å²) in [5.41, 5.74) is 0.642. The molecule has 104 valence electrons. The van der Waals surface area contributed by atoms with Crippen molar-refractivity contribution in [2.75, 3.05) is 13.2 Å². The van der Waals surface area contributed by atoms with Crippen LogP contribution >= 0.6 is 11.6 Å². The zero-order chi connectivity index (χ0) is 13.7. The number of amides is 1. The van der Waals surface area contributed by atoms with Crippen LogP contribution in [0.3, 0.4) is 0 Å². The lowest BCUT2D eigenvalue weighted by atomic mass is 9.93. The third-order valence-electron chi connectivity index (χ3n) is 3.71. The van der Waals surface area contributed by atoms with Gasteiger partial charge in [-0.05, 0) is 37.1 Å². The molecule has 0 bridgehead atoms. The minimum Gasteiger partial charge on any atom is -0.395 e. The van der Waals surface area contributed by atoms with E-state index in [-0.39, 0.29) is 18.6 Å². The number of halogens is 1. The molecule has 3 nitrogen and oxygen atoms in total. The topological polar surface area (TPSA) is 40.5 Å². The first kappa shape index (κ1) is 14.4. The number of hydrogen-bond donors (Lipinski definition) is 1. The first-order chi connectivity index (χ1) is 9.22. The molecule has 1 aliphatic carbocycles. The summed E-state index contributed by atoms with van der Waals surface area (Å²) < 4.78 is 0. The lowest BCUT2D eigenvalue weighted by molar-refractivity contribution is 0.0585. The summed E-state index contributed by atoms with van der Waals surface area (Å²) in [4.78, 5) is 14.3. The van der Waals surface area contributed by atoms with E-state index in [0.717, 1.165) is 12.8 Å². The number of rotatable bonds is 4. The molecule has 0 aromatic heterocycles. The molecule has 0 aliphatic heterocycles. The predicted molar refractivity (Wildman–Crippen MR) is 76.4 cm³/mol. The number of benzene rings is 1. The molecular formula is C15H20ClNO2. The molecule has 2 rings (SSSR count). The third-order valence-corrected chi connectivity index (χ3v) is 3.96. The van der Waals surface area contributed by atoms with E-state index in [9.17, 15) is 9.90 Å². The lowest BCUT2D eigenvalue weighted by Crippen LogP contribution is -2.43. The van der Waals surface area contributed by atoms with Crippen molar-refractivity contribution in [3.8, 4) is 0 Å². The highest BCUT2D eigenvalue weighted by Gasteiger charge is 2.25. The van der Waals surface area contributed by atoms with Crippen molar-refractivity contribution >= 4 is 17.5 Å². The van der Waals surface area contributed by atoms with Gasteiger partial charge in [-0.3, -0.25) is 4.79 Å². The molecule has 4 heteroatoms. The van der Waals surface area contributed by atoms with Gasteiger partial charge in [0.2, 0.25) is 0 Å². The second-order valence-corrected chi connectivity index (χ2v) is 5.46. The van der Waals surface area contributed by atoms with Crippen LogP contribution in [-0.4, -0.2) is 35.1 Å². The van der Waals surface area contributed by atoms with E-state index in [1.165, 1.54) is 19.3 Å². The van der Waals surface area contributed by atoms with E-state index in [2.05, 4.69) is 0 Å². The molecule has 1 amide bonds. The van der Waals surface area contributed by atoms with Crippen LogP contribution in [0.2, 0.25) is 5.02 Å². The van der Waals surface area contributed by atoms with Crippen LogP contribution in [0.15, 0.2) is 24.3 Å². The van der Waals surface area contributed by atoms with E-state index in [0.29, 0.717) is 17.1 Å². The Hall–Kier alpha value is -1.06. The van der Waals surface area contributed by atoms with Crippen molar-refractivity contribution in [3.63, 3.8) is 0 Å². The van der Waals surface area contributed by atoms with Gasteiger partial charge < -0.3 is 10.0 Å². The van der Waals surface area contributed by atoms with Crippen LogP contribution in [-0.2, 0) is 0 Å². The molecule has 19 heavy (non-hydrogen) atoms. The summed E-state index contributed by atoms with van der Waals surface area (Å²) in [5.74, 6) is -0.00221. The van der Waals surface area contributed by atoms with Gasteiger partial charge in [-0.15, -0.1) is 0 Å². The average Bonchev–Trinajstić information content (AvgIpc) is 2.46. The van der Waals surface area contributed by atoms with E-state index < -0.39 is 0 Å². The van der Waals surface area contributed by atoms with Gasteiger partial charge in [0.15, 0.2) is 0 Å². The van der Waals surface area contributed by atoms with E-state index in [1.54, 1.807) is 24.3 Å². The Morgan fingerprint density at radius 1 is 1.21 bits per heavy atom. The van der Waals surface area contributed by atoms with Crippen molar-refractivity contribution in [1.29, 1.82) is 0 Å². The van der Waals surface area contributed by atoms with Crippen molar-refractivity contribution < 1.29 is 9.90 Å². The molecule has 0 heterocycles. The molecule has 0 spiro atoms. The molecule has 1 fully saturated rings. The molecule has 1 aromatic rings. The van der Waals surface area contributed by atoms with Gasteiger partial charge >= 0.3 is 0 Å². The van der Waals surface area contributed by atoms with Gasteiger partial charge in [0.05, 0.1) is 6.61 Å². The van der Waals surface area contributed by atoms with Crippen LogP contribution in [0.4, 0.5) is 0 Å². The number of nitrogens with zero attached hydrogens (tertiary/aromatic N) is 1. The summed E-state index contributed by atoms with van der Waals surface area (Å²) in [6.07, 6.45) is 5.66. The molecule has 0 atom stereocenters. The fourth-order valence-electron chi connectivity index (χ4n) is 2.71. The Morgan fingerprint density at radius 3 is 2.42 bits per heavy atom. The first-order valence-corrected chi connectivity index (χ1v) is 7.27. The van der Waals surface area contributed by atoms with E-state index >= 15 is 0 Å². The average molecular weight is 282 g/mol. The number of carbonyl (C=O) groups is 1. The second-order valence-electron chi connectivity index (χ2n) is 5.02. The molecule has 0 radical (unpaired) electrons. The third kappa shape index (κ3) is 3.71.